The lowest BCUT2D eigenvalue weighted by Crippen LogP contribution is -2.47. The molecule has 7 nitrogen and oxygen atoms in total. The highest BCUT2D eigenvalue weighted by Crippen LogP contribution is 2.26. The van der Waals surface area contributed by atoms with Gasteiger partial charge in [-0.1, -0.05) is 55.8 Å². The minimum absolute atomic E-state index is 0. The van der Waals surface area contributed by atoms with Crippen molar-refractivity contribution in [3.63, 3.8) is 0 Å². The smallest absolute Gasteiger partial charge is 0.168 e. The molecule has 1 unspecified atom stereocenters. The standard InChI is InChI=1S/C24H32N6O.ClH/c1-3-7-23(29-16-14-28(15-17-29)18-20-8-5-4-6-9-20)24-25-26-27-30(24)19-21-10-12-22(31-2)13-11-21;/h4-6,8-13,23H,3,7,14-19H2,1-2H3;1H. The molecule has 0 bridgehead atoms. The molecule has 0 saturated carbocycles. The van der Waals surface area contributed by atoms with E-state index in [9.17, 15) is 0 Å². The zero-order valence-electron chi connectivity index (χ0n) is 18.9. The Labute approximate surface area is 196 Å². The van der Waals surface area contributed by atoms with Crippen LogP contribution in [0, 0.1) is 0 Å². The fraction of sp³-hybridized carbons (Fsp3) is 0.458. The van der Waals surface area contributed by atoms with Gasteiger partial charge in [0, 0.05) is 32.7 Å². The summed E-state index contributed by atoms with van der Waals surface area (Å²) in [5.74, 6) is 1.83. The molecule has 0 N–H and O–H groups in total. The molecular formula is C24H33ClN6O. The van der Waals surface area contributed by atoms with Crippen LogP contribution in [0.5, 0.6) is 5.75 Å². The summed E-state index contributed by atoms with van der Waals surface area (Å²) in [4.78, 5) is 5.09. The Morgan fingerprint density at radius 1 is 0.906 bits per heavy atom. The number of methoxy groups -OCH3 is 1. The van der Waals surface area contributed by atoms with Crippen LogP contribution in [0.1, 0.15) is 42.8 Å². The summed E-state index contributed by atoms with van der Waals surface area (Å²) >= 11 is 0. The Morgan fingerprint density at radius 2 is 1.59 bits per heavy atom. The third-order valence-corrected chi connectivity index (χ3v) is 6.01. The summed E-state index contributed by atoms with van der Waals surface area (Å²) < 4.78 is 7.22. The Balaban J connectivity index is 0.00000289. The fourth-order valence-electron chi connectivity index (χ4n) is 4.29. The molecule has 4 rings (SSSR count). The second kappa shape index (κ2) is 11.9. The van der Waals surface area contributed by atoms with E-state index in [1.165, 1.54) is 5.56 Å². The first-order valence-corrected chi connectivity index (χ1v) is 11.2. The molecule has 3 aromatic rings. The van der Waals surface area contributed by atoms with E-state index in [1.54, 1.807) is 7.11 Å². The lowest BCUT2D eigenvalue weighted by molar-refractivity contribution is 0.0820. The van der Waals surface area contributed by atoms with Crippen molar-refractivity contribution in [1.82, 2.24) is 30.0 Å². The molecule has 0 amide bonds. The predicted octanol–water partition coefficient (Wildman–Crippen LogP) is 3.81. The molecular weight excluding hydrogens is 424 g/mol. The van der Waals surface area contributed by atoms with E-state index in [-0.39, 0.29) is 18.4 Å². The Kier molecular flexibility index (Phi) is 9.02. The largest absolute Gasteiger partial charge is 0.497 e. The van der Waals surface area contributed by atoms with Gasteiger partial charge in [0.15, 0.2) is 5.82 Å². The highest BCUT2D eigenvalue weighted by atomic mass is 35.5. The summed E-state index contributed by atoms with van der Waals surface area (Å²) in [5, 5.41) is 12.8. The number of hydrogen-bond donors (Lipinski definition) is 0. The van der Waals surface area contributed by atoms with Crippen LogP contribution in [0.2, 0.25) is 0 Å². The zero-order valence-corrected chi connectivity index (χ0v) is 19.7. The Bertz CT molecular complexity index is 925. The summed E-state index contributed by atoms with van der Waals surface area (Å²) in [5.41, 5.74) is 2.54. The van der Waals surface area contributed by atoms with Gasteiger partial charge in [0.1, 0.15) is 5.75 Å². The van der Waals surface area contributed by atoms with Gasteiger partial charge in [-0.25, -0.2) is 4.68 Å². The average Bonchev–Trinajstić information content (AvgIpc) is 3.27. The third kappa shape index (κ3) is 6.06. The van der Waals surface area contributed by atoms with Gasteiger partial charge in [-0.2, -0.15) is 0 Å². The lowest BCUT2D eigenvalue weighted by Gasteiger charge is -2.38. The molecule has 8 heteroatoms. The second-order valence-corrected chi connectivity index (χ2v) is 8.14. The number of hydrogen-bond acceptors (Lipinski definition) is 6. The molecule has 1 aromatic heterocycles. The maximum Gasteiger partial charge on any atom is 0.168 e. The Morgan fingerprint density at radius 3 is 2.25 bits per heavy atom. The van der Waals surface area contributed by atoms with Crippen molar-refractivity contribution in [2.24, 2.45) is 0 Å². The zero-order chi connectivity index (χ0) is 21.5. The van der Waals surface area contributed by atoms with Gasteiger partial charge < -0.3 is 4.74 Å². The van der Waals surface area contributed by atoms with Crippen molar-refractivity contribution < 1.29 is 4.74 Å². The minimum atomic E-state index is 0. The van der Waals surface area contributed by atoms with Crippen LogP contribution >= 0.6 is 12.4 Å². The molecule has 1 aliphatic rings. The molecule has 2 aromatic carbocycles. The highest BCUT2D eigenvalue weighted by molar-refractivity contribution is 5.85. The Hall–Kier alpha value is -2.48. The summed E-state index contributed by atoms with van der Waals surface area (Å²) in [7, 11) is 1.68. The van der Waals surface area contributed by atoms with E-state index in [4.69, 9.17) is 4.74 Å². The molecule has 32 heavy (non-hydrogen) atoms. The van der Waals surface area contributed by atoms with Crippen molar-refractivity contribution in [3.8, 4) is 5.75 Å². The number of rotatable bonds is 9. The number of nitrogens with zero attached hydrogens (tertiary/aromatic N) is 6. The fourth-order valence-corrected chi connectivity index (χ4v) is 4.29. The van der Waals surface area contributed by atoms with Gasteiger partial charge in [0.25, 0.3) is 0 Å². The average molecular weight is 457 g/mol. The summed E-state index contributed by atoms with van der Waals surface area (Å²) in [6, 6.07) is 19.1. The van der Waals surface area contributed by atoms with E-state index in [2.05, 4.69) is 74.7 Å². The van der Waals surface area contributed by atoms with Crippen molar-refractivity contribution >= 4 is 12.4 Å². The van der Waals surface area contributed by atoms with Crippen molar-refractivity contribution in [3.05, 3.63) is 71.5 Å². The van der Waals surface area contributed by atoms with E-state index in [1.807, 2.05) is 16.8 Å². The SMILES string of the molecule is CCCC(c1nnnn1Cc1ccc(OC)cc1)N1CCN(Cc2ccccc2)CC1.Cl. The van der Waals surface area contributed by atoms with Gasteiger partial charge in [-0.15, -0.1) is 17.5 Å². The predicted molar refractivity (Wildman–Crippen MR) is 128 cm³/mol. The van der Waals surface area contributed by atoms with Crippen molar-refractivity contribution in [2.75, 3.05) is 33.3 Å². The molecule has 1 atom stereocenters. The van der Waals surface area contributed by atoms with Crippen molar-refractivity contribution in [2.45, 2.75) is 38.9 Å². The normalized spacial score (nSPS) is 15.8. The number of tetrazole rings is 1. The van der Waals surface area contributed by atoms with E-state index in [0.29, 0.717) is 6.54 Å². The van der Waals surface area contributed by atoms with E-state index < -0.39 is 0 Å². The third-order valence-electron chi connectivity index (χ3n) is 6.01. The first kappa shape index (κ1) is 24.2. The van der Waals surface area contributed by atoms with Crippen LogP contribution in [0.25, 0.3) is 0 Å². The summed E-state index contributed by atoms with van der Waals surface area (Å²) in [6.45, 7) is 8.11. The van der Waals surface area contributed by atoms with E-state index >= 15 is 0 Å². The topological polar surface area (TPSA) is 59.3 Å². The van der Waals surface area contributed by atoms with Crippen LogP contribution in [-0.4, -0.2) is 63.3 Å². The molecule has 0 radical (unpaired) electrons. The molecule has 1 fully saturated rings. The maximum atomic E-state index is 5.27. The van der Waals surface area contributed by atoms with Gasteiger partial charge in [-0.3, -0.25) is 9.80 Å². The first-order chi connectivity index (χ1) is 15.3. The van der Waals surface area contributed by atoms with Gasteiger partial charge in [0.2, 0.25) is 0 Å². The molecule has 1 saturated heterocycles. The molecule has 0 spiro atoms. The minimum Gasteiger partial charge on any atom is -0.497 e. The number of piperazine rings is 1. The molecule has 172 valence electrons. The monoisotopic (exact) mass is 456 g/mol. The first-order valence-electron chi connectivity index (χ1n) is 11.2. The van der Waals surface area contributed by atoms with Crippen LogP contribution in [0.3, 0.4) is 0 Å². The highest BCUT2D eigenvalue weighted by Gasteiger charge is 2.28. The molecule has 2 heterocycles. The van der Waals surface area contributed by atoms with Gasteiger partial charge in [-0.05, 0) is 40.1 Å². The van der Waals surface area contributed by atoms with Crippen molar-refractivity contribution in [1.29, 1.82) is 0 Å². The van der Waals surface area contributed by atoms with Gasteiger partial charge >= 0.3 is 0 Å². The number of aromatic nitrogens is 4. The maximum absolute atomic E-state index is 5.27. The van der Waals surface area contributed by atoms with Crippen LogP contribution in [-0.2, 0) is 13.1 Å². The number of benzene rings is 2. The van der Waals surface area contributed by atoms with Crippen LogP contribution in [0.4, 0.5) is 0 Å². The van der Waals surface area contributed by atoms with E-state index in [0.717, 1.165) is 62.7 Å². The quantitative estimate of drug-likeness (QED) is 0.488. The molecule has 1 aliphatic heterocycles. The van der Waals surface area contributed by atoms with Gasteiger partial charge in [0.05, 0.1) is 19.7 Å². The molecule has 0 aliphatic carbocycles. The number of halogens is 1. The summed E-state index contributed by atoms with van der Waals surface area (Å²) in [6.07, 6.45) is 2.16. The number of ether oxygens (including phenoxy) is 1. The lowest BCUT2D eigenvalue weighted by atomic mass is 10.1. The van der Waals surface area contributed by atoms with Crippen LogP contribution < -0.4 is 4.74 Å². The van der Waals surface area contributed by atoms with Crippen LogP contribution in [0.15, 0.2) is 54.6 Å². The second-order valence-electron chi connectivity index (χ2n) is 8.14.